The molecule has 0 saturated heterocycles. The first-order valence-electron chi connectivity index (χ1n) is 5.70. The van der Waals surface area contributed by atoms with E-state index in [2.05, 4.69) is 4.72 Å². The minimum absolute atomic E-state index is 0.183. The van der Waals surface area contributed by atoms with Gasteiger partial charge in [0.2, 0.25) is 10.0 Å². The lowest BCUT2D eigenvalue weighted by molar-refractivity contribution is 0.564. The predicted octanol–water partition coefficient (Wildman–Crippen LogP) is 0.768. The van der Waals surface area contributed by atoms with Crippen LogP contribution >= 0.6 is 0 Å². The third kappa shape index (κ3) is 4.11. The van der Waals surface area contributed by atoms with E-state index < -0.39 is 10.0 Å². The van der Waals surface area contributed by atoms with E-state index in [-0.39, 0.29) is 23.9 Å². The molecule has 0 aliphatic carbocycles. The molecule has 6 heteroatoms. The van der Waals surface area contributed by atoms with Crippen LogP contribution in [-0.4, -0.2) is 21.0 Å². The van der Waals surface area contributed by atoms with Crippen LogP contribution in [0.25, 0.3) is 0 Å². The third-order valence-electron chi connectivity index (χ3n) is 2.58. The van der Waals surface area contributed by atoms with Crippen LogP contribution in [0.15, 0.2) is 29.2 Å². The first-order chi connectivity index (χ1) is 8.49. The average molecular weight is 267 g/mol. The molecular weight excluding hydrogens is 250 g/mol. The Morgan fingerprint density at radius 3 is 2.50 bits per heavy atom. The Morgan fingerprint density at radius 2 is 2.00 bits per heavy atom. The van der Waals surface area contributed by atoms with Gasteiger partial charge in [0, 0.05) is 12.6 Å². The summed E-state index contributed by atoms with van der Waals surface area (Å²) in [6.07, 6.45) is 0.984. The van der Waals surface area contributed by atoms with Crippen molar-refractivity contribution in [2.24, 2.45) is 5.73 Å². The summed E-state index contributed by atoms with van der Waals surface area (Å²) in [6, 6.07) is 8.08. The molecule has 0 fully saturated rings. The highest BCUT2D eigenvalue weighted by Gasteiger charge is 2.14. The second kappa shape index (κ2) is 6.50. The van der Waals surface area contributed by atoms with Gasteiger partial charge in [-0.05, 0) is 24.1 Å². The minimum Gasteiger partial charge on any atom is -0.327 e. The zero-order valence-corrected chi connectivity index (χ0v) is 11.1. The molecule has 0 radical (unpaired) electrons. The normalized spacial score (nSPS) is 12.9. The van der Waals surface area contributed by atoms with E-state index >= 15 is 0 Å². The number of rotatable bonds is 6. The van der Waals surface area contributed by atoms with Gasteiger partial charge >= 0.3 is 0 Å². The number of sulfonamides is 1. The Hall–Kier alpha value is -1.42. The quantitative estimate of drug-likeness (QED) is 0.795. The lowest BCUT2D eigenvalue weighted by atomic mass is 10.2. The van der Waals surface area contributed by atoms with E-state index in [1.165, 1.54) is 12.1 Å². The van der Waals surface area contributed by atoms with Crippen molar-refractivity contribution in [1.82, 2.24) is 4.72 Å². The van der Waals surface area contributed by atoms with Crippen LogP contribution in [-0.2, 0) is 16.4 Å². The molecule has 0 bridgehead atoms. The lowest BCUT2D eigenvalue weighted by Gasteiger charge is -2.11. The highest BCUT2D eigenvalue weighted by molar-refractivity contribution is 7.89. The molecule has 0 aliphatic heterocycles. The SMILES string of the molecule is CCC(N)CNS(=O)(=O)c1ccc(CC#N)cc1. The van der Waals surface area contributed by atoms with Crippen molar-refractivity contribution in [3.05, 3.63) is 29.8 Å². The fourth-order valence-corrected chi connectivity index (χ4v) is 2.42. The van der Waals surface area contributed by atoms with Gasteiger partial charge in [-0.25, -0.2) is 13.1 Å². The van der Waals surface area contributed by atoms with E-state index in [4.69, 9.17) is 11.0 Å². The molecule has 0 saturated carbocycles. The molecule has 5 nitrogen and oxygen atoms in total. The molecule has 0 amide bonds. The van der Waals surface area contributed by atoms with Crippen molar-refractivity contribution < 1.29 is 8.42 Å². The largest absolute Gasteiger partial charge is 0.327 e. The molecule has 0 aromatic heterocycles. The van der Waals surface area contributed by atoms with Crippen molar-refractivity contribution in [1.29, 1.82) is 5.26 Å². The molecule has 0 heterocycles. The van der Waals surface area contributed by atoms with Crippen LogP contribution in [0.4, 0.5) is 0 Å². The molecule has 0 spiro atoms. The van der Waals surface area contributed by atoms with Crippen LogP contribution in [0.1, 0.15) is 18.9 Å². The van der Waals surface area contributed by atoms with Gasteiger partial charge in [-0.2, -0.15) is 5.26 Å². The van der Waals surface area contributed by atoms with Crippen molar-refractivity contribution >= 4 is 10.0 Å². The van der Waals surface area contributed by atoms with Crippen LogP contribution < -0.4 is 10.5 Å². The molecule has 98 valence electrons. The molecule has 3 N–H and O–H groups in total. The Balaban J connectivity index is 2.76. The molecule has 18 heavy (non-hydrogen) atoms. The van der Waals surface area contributed by atoms with Gasteiger partial charge in [0.25, 0.3) is 0 Å². The fraction of sp³-hybridized carbons (Fsp3) is 0.417. The molecule has 1 aromatic rings. The van der Waals surface area contributed by atoms with Gasteiger partial charge in [0.1, 0.15) is 0 Å². The van der Waals surface area contributed by atoms with E-state index in [1.807, 2.05) is 13.0 Å². The number of hydrogen-bond acceptors (Lipinski definition) is 4. The van der Waals surface area contributed by atoms with Crippen LogP contribution in [0, 0.1) is 11.3 Å². The van der Waals surface area contributed by atoms with Crippen molar-refractivity contribution in [2.75, 3.05) is 6.54 Å². The van der Waals surface area contributed by atoms with Gasteiger partial charge in [-0.3, -0.25) is 0 Å². The zero-order chi connectivity index (χ0) is 13.6. The maximum atomic E-state index is 11.9. The number of nitrogens with zero attached hydrogens (tertiary/aromatic N) is 1. The summed E-state index contributed by atoms with van der Waals surface area (Å²) < 4.78 is 26.2. The lowest BCUT2D eigenvalue weighted by Crippen LogP contribution is -2.36. The van der Waals surface area contributed by atoms with Crippen LogP contribution in [0.3, 0.4) is 0 Å². The molecular formula is C12H17N3O2S. The maximum Gasteiger partial charge on any atom is 0.240 e. The molecule has 1 aromatic carbocycles. The third-order valence-corrected chi connectivity index (χ3v) is 4.02. The predicted molar refractivity (Wildman–Crippen MR) is 69.2 cm³/mol. The Kier molecular flexibility index (Phi) is 5.28. The number of nitrogens with one attached hydrogen (secondary N) is 1. The number of benzene rings is 1. The minimum atomic E-state index is -3.51. The van der Waals surface area contributed by atoms with Crippen molar-refractivity contribution in [3.8, 4) is 6.07 Å². The Bertz CT molecular complexity index is 517. The second-order valence-electron chi connectivity index (χ2n) is 4.00. The number of nitrogens with two attached hydrogens (primary N) is 1. The first kappa shape index (κ1) is 14.6. The molecule has 0 aliphatic rings. The van der Waals surface area contributed by atoms with E-state index in [0.717, 1.165) is 5.56 Å². The van der Waals surface area contributed by atoms with Gasteiger partial charge in [0.05, 0.1) is 17.4 Å². The highest BCUT2D eigenvalue weighted by atomic mass is 32.2. The van der Waals surface area contributed by atoms with E-state index in [9.17, 15) is 8.42 Å². The van der Waals surface area contributed by atoms with Gasteiger partial charge in [-0.1, -0.05) is 19.1 Å². The maximum absolute atomic E-state index is 11.9. The molecule has 1 rings (SSSR count). The zero-order valence-electron chi connectivity index (χ0n) is 10.3. The number of hydrogen-bond donors (Lipinski definition) is 2. The van der Waals surface area contributed by atoms with Crippen molar-refractivity contribution in [2.45, 2.75) is 30.7 Å². The molecule has 1 unspecified atom stereocenters. The summed E-state index contributed by atoms with van der Waals surface area (Å²) in [4.78, 5) is 0.187. The van der Waals surface area contributed by atoms with Gasteiger partial charge < -0.3 is 5.73 Å². The Morgan fingerprint density at radius 1 is 1.39 bits per heavy atom. The van der Waals surface area contributed by atoms with E-state index in [1.54, 1.807) is 12.1 Å². The standard InChI is InChI=1S/C12H17N3O2S/c1-2-11(14)9-15-18(16,17)12-5-3-10(4-6-12)7-8-13/h3-6,11,15H,2,7,9,14H2,1H3. The second-order valence-corrected chi connectivity index (χ2v) is 5.77. The van der Waals surface area contributed by atoms with E-state index in [0.29, 0.717) is 6.42 Å². The van der Waals surface area contributed by atoms with Gasteiger partial charge in [0.15, 0.2) is 0 Å². The highest BCUT2D eigenvalue weighted by Crippen LogP contribution is 2.10. The van der Waals surface area contributed by atoms with Crippen molar-refractivity contribution in [3.63, 3.8) is 0 Å². The molecule has 1 atom stereocenters. The fourth-order valence-electron chi connectivity index (χ4n) is 1.32. The first-order valence-corrected chi connectivity index (χ1v) is 7.19. The van der Waals surface area contributed by atoms with Crippen LogP contribution in [0.5, 0.6) is 0 Å². The summed E-state index contributed by atoms with van der Waals surface area (Å²) in [5.41, 5.74) is 6.45. The summed E-state index contributed by atoms with van der Waals surface area (Å²) >= 11 is 0. The van der Waals surface area contributed by atoms with Gasteiger partial charge in [-0.15, -0.1) is 0 Å². The monoisotopic (exact) mass is 267 g/mol. The summed E-state index contributed by atoms with van der Waals surface area (Å²) in [6.45, 7) is 2.12. The summed E-state index contributed by atoms with van der Waals surface area (Å²) in [5.74, 6) is 0. The topological polar surface area (TPSA) is 96.0 Å². The average Bonchev–Trinajstić information content (AvgIpc) is 2.37. The summed E-state index contributed by atoms with van der Waals surface area (Å²) in [5, 5.41) is 8.53. The smallest absolute Gasteiger partial charge is 0.240 e. The van der Waals surface area contributed by atoms with Crippen LogP contribution in [0.2, 0.25) is 0 Å². The summed E-state index contributed by atoms with van der Waals surface area (Å²) in [7, 11) is -3.51. The number of nitriles is 1. The Labute approximate surface area is 108 Å².